The van der Waals surface area contributed by atoms with Crippen LogP contribution >= 0.6 is 0 Å². The SMILES string of the molecule is COCN([O-])C1=CN(/C=C/C(C)C)NC1. The summed E-state index contributed by atoms with van der Waals surface area (Å²) < 4.78 is 4.76. The van der Waals surface area contributed by atoms with Crippen molar-refractivity contribution in [3.63, 3.8) is 0 Å². The van der Waals surface area contributed by atoms with Gasteiger partial charge in [0.15, 0.2) is 0 Å². The predicted molar refractivity (Wildman–Crippen MR) is 59.0 cm³/mol. The lowest BCUT2D eigenvalue weighted by Gasteiger charge is -2.29. The van der Waals surface area contributed by atoms with Gasteiger partial charge in [-0.2, -0.15) is 0 Å². The van der Waals surface area contributed by atoms with Crippen LogP contribution in [0.1, 0.15) is 13.8 Å². The van der Waals surface area contributed by atoms with Crippen LogP contribution < -0.4 is 5.43 Å². The van der Waals surface area contributed by atoms with Crippen LogP contribution in [0.2, 0.25) is 0 Å². The molecule has 0 aromatic heterocycles. The van der Waals surface area contributed by atoms with Crippen molar-refractivity contribution in [3.05, 3.63) is 29.4 Å². The van der Waals surface area contributed by atoms with E-state index in [9.17, 15) is 5.21 Å². The number of nitrogens with zero attached hydrogens (tertiary/aromatic N) is 2. The third-order valence-electron chi connectivity index (χ3n) is 1.93. The Labute approximate surface area is 90.5 Å². The van der Waals surface area contributed by atoms with Crippen molar-refractivity contribution in [2.75, 3.05) is 20.4 Å². The zero-order valence-corrected chi connectivity index (χ0v) is 9.43. The van der Waals surface area contributed by atoms with Gasteiger partial charge in [-0.1, -0.05) is 19.9 Å². The van der Waals surface area contributed by atoms with Crippen molar-refractivity contribution in [2.24, 2.45) is 5.92 Å². The Bertz CT molecular complexity index is 251. The van der Waals surface area contributed by atoms with E-state index in [4.69, 9.17) is 4.74 Å². The van der Waals surface area contributed by atoms with E-state index in [0.29, 0.717) is 18.2 Å². The van der Waals surface area contributed by atoms with Crippen molar-refractivity contribution in [1.82, 2.24) is 15.5 Å². The van der Waals surface area contributed by atoms with Gasteiger partial charge in [0.05, 0.1) is 6.54 Å². The van der Waals surface area contributed by atoms with Crippen molar-refractivity contribution < 1.29 is 4.74 Å². The van der Waals surface area contributed by atoms with Crippen LogP contribution in [0.25, 0.3) is 0 Å². The minimum atomic E-state index is 0.0647. The van der Waals surface area contributed by atoms with E-state index in [2.05, 4.69) is 25.3 Å². The number of methoxy groups -OCH3 is 1. The lowest BCUT2D eigenvalue weighted by Crippen LogP contribution is -2.25. The van der Waals surface area contributed by atoms with Crippen molar-refractivity contribution in [3.8, 4) is 0 Å². The molecule has 1 rings (SSSR count). The highest BCUT2D eigenvalue weighted by molar-refractivity contribution is 5.09. The van der Waals surface area contributed by atoms with E-state index in [0.717, 1.165) is 5.06 Å². The fourth-order valence-electron chi connectivity index (χ4n) is 1.14. The summed E-state index contributed by atoms with van der Waals surface area (Å²) >= 11 is 0. The summed E-state index contributed by atoms with van der Waals surface area (Å²) in [6, 6.07) is 0. The summed E-state index contributed by atoms with van der Waals surface area (Å²) in [5.74, 6) is 0.492. The summed E-state index contributed by atoms with van der Waals surface area (Å²) in [5, 5.41) is 14.0. The molecule has 1 aliphatic rings. The summed E-state index contributed by atoms with van der Waals surface area (Å²) in [4.78, 5) is 0. The predicted octanol–water partition coefficient (Wildman–Crippen LogP) is 1.22. The molecule has 0 saturated heterocycles. The van der Waals surface area contributed by atoms with Gasteiger partial charge in [-0.05, 0) is 5.92 Å². The molecule has 0 bridgehead atoms. The molecule has 1 heterocycles. The summed E-state index contributed by atoms with van der Waals surface area (Å²) in [5.41, 5.74) is 3.73. The van der Waals surface area contributed by atoms with Crippen LogP contribution in [-0.4, -0.2) is 30.5 Å². The van der Waals surface area contributed by atoms with Gasteiger partial charge in [0.1, 0.15) is 6.73 Å². The standard InChI is InChI=1S/C10H18N3O2/c1-9(2)4-5-12-7-10(6-11-12)13(14)8-15-3/h4-5,7,9,11H,6,8H2,1-3H3/q-1/b5-4+. The Morgan fingerprint density at radius 3 is 3.07 bits per heavy atom. The largest absolute Gasteiger partial charge is 0.757 e. The molecule has 15 heavy (non-hydrogen) atoms. The molecule has 1 aliphatic heterocycles. The second kappa shape index (κ2) is 5.75. The first kappa shape index (κ1) is 12.0. The molecule has 0 radical (unpaired) electrons. The minimum absolute atomic E-state index is 0.0647. The van der Waals surface area contributed by atoms with E-state index < -0.39 is 0 Å². The van der Waals surface area contributed by atoms with Gasteiger partial charge in [0.2, 0.25) is 0 Å². The van der Waals surface area contributed by atoms with Gasteiger partial charge in [0.25, 0.3) is 0 Å². The van der Waals surface area contributed by atoms with Crippen LogP contribution in [0.4, 0.5) is 0 Å². The molecule has 0 aromatic carbocycles. The fourth-order valence-corrected chi connectivity index (χ4v) is 1.14. The number of nitrogens with one attached hydrogen (secondary N) is 1. The third kappa shape index (κ3) is 3.91. The summed E-state index contributed by atoms with van der Waals surface area (Å²) in [6.07, 6.45) is 5.74. The first-order chi connectivity index (χ1) is 7.13. The second-order valence-electron chi connectivity index (χ2n) is 3.74. The van der Waals surface area contributed by atoms with Gasteiger partial charge in [-0.15, -0.1) is 0 Å². The van der Waals surface area contributed by atoms with E-state index >= 15 is 0 Å². The Balaban J connectivity index is 2.47. The molecule has 0 unspecified atom stereocenters. The Morgan fingerprint density at radius 1 is 1.73 bits per heavy atom. The molecule has 0 aromatic rings. The number of hydrogen-bond acceptors (Lipinski definition) is 5. The van der Waals surface area contributed by atoms with Crippen LogP contribution in [0.5, 0.6) is 0 Å². The lowest BCUT2D eigenvalue weighted by atomic mass is 10.2. The Hall–Kier alpha value is -1.04. The summed E-state index contributed by atoms with van der Waals surface area (Å²) in [7, 11) is 1.50. The zero-order chi connectivity index (χ0) is 11.3. The number of ether oxygens (including phenoxy) is 1. The molecule has 0 spiro atoms. The molecule has 0 amide bonds. The van der Waals surface area contributed by atoms with E-state index in [-0.39, 0.29) is 6.73 Å². The monoisotopic (exact) mass is 212 g/mol. The van der Waals surface area contributed by atoms with Gasteiger partial charge >= 0.3 is 0 Å². The van der Waals surface area contributed by atoms with Gasteiger partial charge in [-0.3, -0.25) is 5.01 Å². The highest BCUT2D eigenvalue weighted by Gasteiger charge is 2.10. The molecule has 5 heteroatoms. The molecule has 86 valence electrons. The third-order valence-corrected chi connectivity index (χ3v) is 1.93. The van der Waals surface area contributed by atoms with Crippen molar-refractivity contribution in [2.45, 2.75) is 13.8 Å². The quantitative estimate of drug-likeness (QED) is 0.548. The van der Waals surface area contributed by atoms with Gasteiger partial charge in [-0.25, -0.2) is 5.43 Å². The fraction of sp³-hybridized carbons (Fsp3) is 0.600. The molecule has 0 fully saturated rings. The molecule has 0 atom stereocenters. The van der Waals surface area contributed by atoms with E-state index in [1.165, 1.54) is 7.11 Å². The topological polar surface area (TPSA) is 50.8 Å². The summed E-state index contributed by atoms with van der Waals surface area (Å²) in [6.45, 7) is 4.80. The average molecular weight is 212 g/mol. The minimum Gasteiger partial charge on any atom is -0.757 e. The molecule has 1 N–H and O–H groups in total. The van der Waals surface area contributed by atoms with Gasteiger partial charge in [0, 0.05) is 25.2 Å². The van der Waals surface area contributed by atoms with Crippen LogP contribution in [-0.2, 0) is 4.74 Å². The smallest absolute Gasteiger partial charge is 0.108 e. The Morgan fingerprint density at radius 2 is 2.47 bits per heavy atom. The van der Waals surface area contributed by atoms with Gasteiger partial charge < -0.3 is 15.0 Å². The van der Waals surface area contributed by atoms with Crippen molar-refractivity contribution >= 4 is 0 Å². The van der Waals surface area contributed by atoms with E-state index in [1.807, 2.05) is 6.20 Å². The molecule has 5 nitrogen and oxygen atoms in total. The molecular formula is C10H18N3O2-. The first-order valence-corrected chi connectivity index (χ1v) is 4.98. The first-order valence-electron chi connectivity index (χ1n) is 4.98. The maximum absolute atomic E-state index is 11.4. The van der Waals surface area contributed by atoms with Crippen LogP contribution in [0.3, 0.4) is 0 Å². The number of hydrogen-bond donors (Lipinski definition) is 1. The highest BCUT2D eigenvalue weighted by Crippen LogP contribution is 2.09. The lowest BCUT2D eigenvalue weighted by molar-refractivity contribution is 0.116. The number of rotatable bonds is 5. The number of hydrazine groups is 1. The molecule has 0 aliphatic carbocycles. The number of allylic oxidation sites excluding steroid dienone is 1. The average Bonchev–Trinajstić information content (AvgIpc) is 2.63. The van der Waals surface area contributed by atoms with Crippen molar-refractivity contribution in [1.29, 1.82) is 0 Å². The van der Waals surface area contributed by atoms with Crippen LogP contribution in [0, 0.1) is 11.1 Å². The highest BCUT2D eigenvalue weighted by atomic mass is 16.6. The van der Waals surface area contributed by atoms with Crippen LogP contribution in [0.15, 0.2) is 24.2 Å². The maximum atomic E-state index is 11.4. The maximum Gasteiger partial charge on any atom is 0.108 e. The normalized spacial score (nSPS) is 16.6. The second-order valence-corrected chi connectivity index (χ2v) is 3.74. The zero-order valence-electron chi connectivity index (χ0n) is 9.43. The Kier molecular flexibility index (Phi) is 4.61. The number of hydroxylamine groups is 2. The van der Waals surface area contributed by atoms with E-state index in [1.54, 1.807) is 11.2 Å². The molecular weight excluding hydrogens is 194 g/mol. The molecule has 0 saturated carbocycles.